The summed E-state index contributed by atoms with van der Waals surface area (Å²) in [5, 5.41) is 2.18. The molecule has 1 fully saturated rings. The first-order valence-corrected chi connectivity index (χ1v) is 8.27. The Labute approximate surface area is 141 Å². The number of aryl methyl sites for hydroxylation is 2. The summed E-state index contributed by atoms with van der Waals surface area (Å²) in [5.41, 5.74) is 10.8. The molecule has 4 rings (SSSR count). The predicted octanol–water partition coefficient (Wildman–Crippen LogP) is 4.04. The van der Waals surface area contributed by atoms with Crippen molar-refractivity contribution >= 4 is 16.7 Å². The summed E-state index contributed by atoms with van der Waals surface area (Å²) in [6, 6.07) is 14.9. The van der Waals surface area contributed by atoms with Gasteiger partial charge in [-0.15, -0.1) is 0 Å². The molecule has 0 aliphatic heterocycles. The van der Waals surface area contributed by atoms with Crippen LogP contribution in [0.2, 0.25) is 0 Å². The minimum absolute atomic E-state index is 0.263. The summed E-state index contributed by atoms with van der Waals surface area (Å²) >= 11 is 0. The average molecular weight is 316 g/mol. The SMILES string of the molecule is Cc1ccc(C)c(-c2ccc3cc(C4(C(N)=O)CC4)ncc3c2)c1. The third-order valence-corrected chi connectivity index (χ3v) is 5.14. The molecular formula is C21H20N2O. The van der Waals surface area contributed by atoms with Crippen LogP contribution in [-0.4, -0.2) is 10.9 Å². The summed E-state index contributed by atoms with van der Waals surface area (Å²) in [7, 11) is 0. The molecule has 0 radical (unpaired) electrons. The molecule has 24 heavy (non-hydrogen) atoms. The van der Waals surface area contributed by atoms with Gasteiger partial charge in [0.25, 0.3) is 0 Å². The van der Waals surface area contributed by atoms with E-state index in [1.807, 2.05) is 12.3 Å². The van der Waals surface area contributed by atoms with E-state index < -0.39 is 5.41 Å². The molecule has 0 atom stereocenters. The van der Waals surface area contributed by atoms with Gasteiger partial charge in [0.15, 0.2) is 0 Å². The van der Waals surface area contributed by atoms with Crippen molar-refractivity contribution in [3.63, 3.8) is 0 Å². The lowest BCUT2D eigenvalue weighted by molar-refractivity contribution is -0.120. The second kappa shape index (κ2) is 5.17. The number of carbonyl (C=O) groups is 1. The maximum Gasteiger partial charge on any atom is 0.229 e. The van der Waals surface area contributed by atoms with Crippen molar-refractivity contribution in [2.24, 2.45) is 5.73 Å². The Balaban J connectivity index is 1.80. The lowest BCUT2D eigenvalue weighted by Gasteiger charge is -2.12. The molecule has 3 nitrogen and oxygen atoms in total. The Morgan fingerprint density at radius 3 is 2.54 bits per heavy atom. The topological polar surface area (TPSA) is 56.0 Å². The van der Waals surface area contributed by atoms with Crippen molar-refractivity contribution in [1.29, 1.82) is 0 Å². The van der Waals surface area contributed by atoms with Gasteiger partial charge in [0.2, 0.25) is 5.91 Å². The molecule has 1 heterocycles. The first kappa shape index (κ1) is 14.9. The lowest BCUT2D eigenvalue weighted by Crippen LogP contribution is -2.29. The standard InChI is InChI=1S/C21H20N2O/c1-13-3-4-14(2)18(9-13)16-6-5-15-11-19(23-12-17(15)10-16)21(7-8-21)20(22)24/h3-6,9-12H,7-8H2,1-2H3,(H2,22,24). The van der Waals surface area contributed by atoms with Crippen LogP contribution in [0.4, 0.5) is 0 Å². The van der Waals surface area contributed by atoms with Gasteiger partial charge in [0.05, 0.1) is 11.1 Å². The molecular weight excluding hydrogens is 296 g/mol. The molecule has 0 spiro atoms. The number of aromatic nitrogens is 1. The average Bonchev–Trinajstić information content (AvgIpc) is 3.38. The van der Waals surface area contributed by atoms with Crippen molar-refractivity contribution in [3.05, 3.63) is 65.5 Å². The van der Waals surface area contributed by atoms with Crippen LogP contribution in [0.3, 0.4) is 0 Å². The number of hydrogen-bond acceptors (Lipinski definition) is 2. The summed E-state index contributed by atoms with van der Waals surface area (Å²) < 4.78 is 0. The van der Waals surface area contributed by atoms with Crippen LogP contribution < -0.4 is 5.73 Å². The van der Waals surface area contributed by atoms with E-state index in [2.05, 4.69) is 55.2 Å². The Kier molecular flexibility index (Phi) is 3.20. The summed E-state index contributed by atoms with van der Waals surface area (Å²) in [6.07, 6.45) is 3.48. The zero-order valence-electron chi connectivity index (χ0n) is 14.0. The molecule has 2 aromatic carbocycles. The fourth-order valence-electron chi connectivity index (χ4n) is 3.37. The molecule has 0 saturated heterocycles. The van der Waals surface area contributed by atoms with Crippen LogP contribution in [-0.2, 0) is 10.2 Å². The molecule has 1 aliphatic rings. The Morgan fingerprint density at radius 2 is 1.83 bits per heavy atom. The number of hydrogen-bond donors (Lipinski definition) is 1. The minimum atomic E-state index is -0.528. The predicted molar refractivity (Wildman–Crippen MR) is 96.8 cm³/mol. The van der Waals surface area contributed by atoms with Gasteiger partial charge in [-0.05, 0) is 60.9 Å². The van der Waals surface area contributed by atoms with E-state index in [9.17, 15) is 4.79 Å². The maximum atomic E-state index is 11.7. The van der Waals surface area contributed by atoms with Crippen LogP contribution in [0.25, 0.3) is 21.9 Å². The van der Waals surface area contributed by atoms with E-state index in [1.165, 1.54) is 22.3 Å². The normalized spacial score (nSPS) is 15.4. The summed E-state index contributed by atoms with van der Waals surface area (Å²) in [6.45, 7) is 4.24. The molecule has 1 saturated carbocycles. The fourth-order valence-corrected chi connectivity index (χ4v) is 3.37. The largest absolute Gasteiger partial charge is 0.369 e. The van der Waals surface area contributed by atoms with Crippen LogP contribution in [0.1, 0.15) is 29.7 Å². The van der Waals surface area contributed by atoms with Crippen LogP contribution in [0, 0.1) is 13.8 Å². The van der Waals surface area contributed by atoms with E-state index >= 15 is 0 Å². The van der Waals surface area contributed by atoms with Crippen molar-refractivity contribution in [2.75, 3.05) is 0 Å². The number of benzene rings is 2. The number of nitrogens with zero attached hydrogens (tertiary/aromatic N) is 1. The van der Waals surface area contributed by atoms with Gasteiger partial charge >= 0.3 is 0 Å². The fraction of sp³-hybridized carbons (Fsp3) is 0.238. The van der Waals surface area contributed by atoms with Crippen molar-refractivity contribution in [1.82, 2.24) is 4.98 Å². The first-order chi connectivity index (χ1) is 11.5. The van der Waals surface area contributed by atoms with Gasteiger partial charge < -0.3 is 5.73 Å². The van der Waals surface area contributed by atoms with Gasteiger partial charge in [-0.1, -0.05) is 35.9 Å². The zero-order chi connectivity index (χ0) is 16.9. The van der Waals surface area contributed by atoms with Crippen LogP contribution in [0.15, 0.2) is 48.7 Å². The Bertz CT molecular complexity index is 971. The van der Waals surface area contributed by atoms with Crippen LogP contribution in [0.5, 0.6) is 0 Å². The first-order valence-electron chi connectivity index (χ1n) is 8.27. The molecule has 3 aromatic rings. The molecule has 0 unspecified atom stereocenters. The molecule has 1 amide bonds. The Hall–Kier alpha value is -2.68. The molecule has 1 aliphatic carbocycles. The van der Waals surface area contributed by atoms with Crippen molar-refractivity contribution in [2.45, 2.75) is 32.1 Å². The second-order valence-electron chi connectivity index (χ2n) is 6.90. The minimum Gasteiger partial charge on any atom is -0.369 e. The molecule has 1 aromatic heterocycles. The second-order valence-corrected chi connectivity index (χ2v) is 6.90. The molecule has 0 bridgehead atoms. The number of amides is 1. The van der Waals surface area contributed by atoms with Crippen molar-refractivity contribution in [3.8, 4) is 11.1 Å². The highest BCUT2D eigenvalue weighted by Gasteiger charge is 2.51. The van der Waals surface area contributed by atoms with Gasteiger partial charge in [0, 0.05) is 11.6 Å². The van der Waals surface area contributed by atoms with E-state index in [4.69, 9.17) is 5.73 Å². The van der Waals surface area contributed by atoms with Crippen molar-refractivity contribution < 1.29 is 4.79 Å². The lowest BCUT2D eigenvalue weighted by atomic mass is 9.95. The van der Waals surface area contributed by atoms with E-state index in [-0.39, 0.29) is 5.91 Å². The van der Waals surface area contributed by atoms with E-state index in [0.29, 0.717) is 0 Å². The van der Waals surface area contributed by atoms with E-state index in [1.54, 1.807) is 0 Å². The molecule has 120 valence electrons. The monoisotopic (exact) mass is 316 g/mol. The number of rotatable bonds is 3. The maximum absolute atomic E-state index is 11.7. The quantitative estimate of drug-likeness (QED) is 0.793. The summed E-state index contributed by atoms with van der Waals surface area (Å²) in [4.78, 5) is 16.2. The van der Waals surface area contributed by atoms with Gasteiger partial charge in [-0.25, -0.2) is 0 Å². The summed E-state index contributed by atoms with van der Waals surface area (Å²) in [5.74, 6) is -0.263. The zero-order valence-corrected chi connectivity index (χ0v) is 14.0. The highest BCUT2D eigenvalue weighted by Crippen LogP contribution is 2.47. The van der Waals surface area contributed by atoms with Gasteiger partial charge in [-0.3, -0.25) is 9.78 Å². The third kappa shape index (κ3) is 2.28. The number of nitrogens with two attached hydrogens (primary N) is 1. The molecule has 3 heteroatoms. The Morgan fingerprint density at radius 1 is 1.04 bits per heavy atom. The van der Waals surface area contributed by atoms with Gasteiger partial charge in [-0.2, -0.15) is 0 Å². The molecule has 2 N–H and O–H groups in total. The van der Waals surface area contributed by atoms with Gasteiger partial charge in [0.1, 0.15) is 0 Å². The highest BCUT2D eigenvalue weighted by molar-refractivity contribution is 5.92. The number of pyridine rings is 1. The third-order valence-electron chi connectivity index (χ3n) is 5.14. The number of carbonyl (C=O) groups excluding carboxylic acids is 1. The van der Waals surface area contributed by atoms with E-state index in [0.717, 1.165) is 29.3 Å². The number of primary amides is 1. The number of fused-ring (bicyclic) bond motifs is 1. The smallest absolute Gasteiger partial charge is 0.229 e. The van der Waals surface area contributed by atoms with Crippen LogP contribution >= 0.6 is 0 Å². The highest BCUT2D eigenvalue weighted by atomic mass is 16.1.